The van der Waals surface area contributed by atoms with Crippen molar-refractivity contribution in [3.63, 3.8) is 0 Å². The number of nitrogens with zero attached hydrogens (tertiary/aromatic N) is 1. The van der Waals surface area contributed by atoms with Crippen molar-refractivity contribution < 1.29 is 23.5 Å². The molecule has 1 aliphatic heterocycles. The number of methoxy groups -OCH3 is 1. The number of likely N-dealkylation sites (tertiary alicyclic amines) is 1. The highest BCUT2D eigenvalue weighted by Crippen LogP contribution is 2.24. The summed E-state index contributed by atoms with van der Waals surface area (Å²) in [5.41, 5.74) is 2.27. The van der Waals surface area contributed by atoms with Crippen LogP contribution in [-0.4, -0.2) is 42.9 Å². The molecule has 0 saturated carbocycles. The van der Waals surface area contributed by atoms with E-state index in [0.29, 0.717) is 25.2 Å². The van der Waals surface area contributed by atoms with Crippen LogP contribution in [0.15, 0.2) is 48.5 Å². The molecule has 1 aliphatic rings. The molecule has 0 unspecified atom stereocenters. The van der Waals surface area contributed by atoms with Crippen molar-refractivity contribution in [3.8, 4) is 11.1 Å². The maximum Gasteiger partial charge on any atom is 0.306 e. The van der Waals surface area contributed by atoms with E-state index in [1.165, 1.54) is 19.2 Å². The van der Waals surface area contributed by atoms with Crippen LogP contribution in [0.5, 0.6) is 0 Å². The zero-order valence-electron chi connectivity index (χ0n) is 16.9. The van der Waals surface area contributed by atoms with Gasteiger partial charge in [0.15, 0.2) is 0 Å². The Kier molecular flexibility index (Phi) is 7.17. The van der Waals surface area contributed by atoms with E-state index >= 15 is 0 Å². The van der Waals surface area contributed by atoms with Crippen LogP contribution >= 0.6 is 0 Å². The first kappa shape index (κ1) is 21.5. The lowest BCUT2D eigenvalue weighted by molar-refractivity contribution is -0.144. The van der Waals surface area contributed by atoms with Crippen LogP contribution in [0.3, 0.4) is 0 Å². The molecule has 0 radical (unpaired) electrons. The normalized spacial score (nSPS) is 16.1. The Balaban J connectivity index is 1.56. The number of piperidine rings is 1. The molecular weight excluding hydrogens is 387 g/mol. The van der Waals surface area contributed by atoms with Gasteiger partial charge in [-0.3, -0.25) is 14.4 Å². The number of nitrogens with one attached hydrogen (secondary N) is 1. The summed E-state index contributed by atoms with van der Waals surface area (Å²) in [7, 11) is 1.29. The number of carbonyl (C=O) groups is 3. The minimum Gasteiger partial charge on any atom is -0.469 e. The fourth-order valence-corrected chi connectivity index (χ4v) is 3.55. The molecule has 7 heteroatoms. The standard InChI is InChI=1S/C23H25FN2O4/c1-30-22(28)12-11-21(27)26-13-3-5-18(15-26)23(29)25-20-9-7-16(8-10-20)17-4-2-6-19(24)14-17/h2,4,6-10,14,18H,3,5,11-13,15H2,1H3,(H,25,29)/t18-/m1/s1. The summed E-state index contributed by atoms with van der Waals surface area (Å²) in [6.07, 6.45) is 1.57. The molecular formula is C23H25FN2O4. The number of ether oxygens (including phenoxy) is 1. The fourth-order valence-electron chi connectivity index (χ4n) is 3.55. The largest absolute Gasteiger partial charge is 0.469 e. The number of esters is 1. The summed E-state index contributed by atoms with van der Waals surface area (Å²) in [6.45, 7) is 0.930. The lowest BCUT2D eigenvalue weighted by Crippen LogP contribution is -2.43. The molecule has 0 bridgehead atoms. The number of rotatable bonds is 6. The monoisotopic (exact) mass is 412 g/mol. The third-order valence-electron chi connectivity index (χ3n) is 5.23. The van der Waals surface area contributed by atoms with E-state index in [9.17, 15) is 18.8 Å². The molecule has 1 N–H and O–H groups in total. The van der Waals surface area contributed by atoms with Gasteiger partial charge in [0.25, 0.3) is 0 Å². The molecule has 158 valence electrons. The molecule has 1 heterocycles. The van der Waals surface area contributed by atoms with Crippen LogP contribution in [0.4, 0.5) is 10.1 Å². The van der Waals surface area contributed by atoms with E-state index in [1.807, 2.05) is 18.2 Å². The highest BCUT2D eigenvalue weighted by molar-refractivity contribution is 5.93. The second-order valence-electron chi connectivity index (χ2n) is 7.33. The van der Waals surface area contributed by atoms with Crippen molar-refractivity contribution in [2.24, 2.45) is 5.92 Å². The topological polar surface area (TPSA) is 75.7 Å². The molecule has 2 amide bonds. The summed E-state index contributed by atoms with van der Waals surface area (Å²) in [4.78, 5) is 37.8. The number of halogens is 1. The summed E-state index contributed by atoms with van der Waals surface area (Å²) in [6, 6.07) is 13.5. The van der Waals surface area contributed by atoms with E-state index < -0.39 is 5.97 Å². The highest BCUT2D eigenvalue weighted by Gasteiger charge is 2.28. The number of anilines is 1. The molecule has 30 heavy (non-hydrogen) atoms. The van der Waals surface area contributed by atoms with Crippen LogP contribution in [0.2, 0.25) is 0 Å². The lowest BCUT2D eigenvalue weighted by atomic mass is 9.96. The first-order valence-corrected chi connectivity index (χ1v) is 9.97. The summed E-state index contributed by atoms with van der Waals surface area (Å²) >= 11 is 0. The third kappa shape index (κ3) is 5.65. The minimum atomic E-state index is -0.420. The van der Waals surface area contributed by atoms with Crippen molar-refractivity contribution in [1.29, 1.82) is 0 Å². The summed E-state index contributed by atoms with van der Waals surface area (Å²) in [5, 5.41) is 2.90. The Morgan fingerprint density at radius 2 is 1.87 bits per heavy atom. The molecule has 1 atom stereocenters. The van der Waals surface area contributed by atoms with Crippen LogP contribution in [0, 0.1) is 11.7 Å². The van der Waals surface area contributed by atoms with Gasteiger partial charge < -0.3 is 15.0 Å². The minimum absolute atomic E-state index is 0.0420. The Hall–Kier alpha value is -3.22. The Morgan fingerprint density at radius 3 is 2.57 bits per heavy atom. The van der Waals surface area contributed by atoms with Gasteiger partial charge in [0.1, 0.15) is 5.82 Å². The van der Waals surface area contributed by atoms with Gasteiger partial charge in [-0.05, 0) is 48.2 Å². The van der Waals surface area contributed by atoms with Crippen molar-refractivity contribution in [3.05, 3.63) is 54.3 Å². The number of carbonyl (C=O) groups excluding carboxylic acids is 3. The molecule has 0 spiro atoms. The molecule has 0 aromatic heterocycles. The van der Waals surface area contributed by atoms with Gasteiger partial charge in [0, 0.05) is 25.2 Å². The highest BCUT2D eigenvalue weighted by atomic mass is 19.1. The van der Waals surface area contributed by atoms with Crippen LogP contribution < -0.4 is 5.32 Å². The molecule has 2 aromatic rings. The maximum atomic E-state index is 13.4. The quantitative estimate of drug-likeness (QED) is 0.736. The predicted molar refractivity (Wildman–Crippen MR) is 111 cm³/mol. The fraction of sp³-hybridized carbons (Fsp3) is 0.348. The second-order valence-corrected chi connectivity index (χ2v) is 7.33. The zero-order chi connectivity index (χ0) is 21.5. The zero-order valence-corrected chi connectivity index (χ0v) is 16.9. The lowest BCUT2D eigenvalue weighted by Gasteiger charge is -2.32. The van der Waals surface area contributed by atoms with Crippen molar-refractivity contribution in [2.45, 2.75) is 25.7 Å². The van der Waals surface area contributed by atoms with Crippen LogP contribution in [-0.2, 0) is 19.1 Å². The molecule has 0 aliphatic carbocycles. The van der Waals surface area contributed by atoms with Crippen LogP contribution in [0.25, 0.3) is 11.1 Å². The van der Waals surface area contributed by atoms with Gasteiger partial charge >= 0.3 is 5.97 Å². The van der Waals surface area contributed by atoms with Gasteiger partial charge in [-0.2, -0.15) is 0 Å². The second kappa shape index (κ2) is 10.0. The van der Waals surface area contributed by atoms with E-state index in [1.54, 1.807) is 23.1 Å². The summed E-state index contributed by atoms with van der Waals surface area (Å²) < 4.78 is 18.0. The number of amides is 2. The van der Waals surface area contributed by atoms with E-state index in [2.05, 4.69) is 10.1 Å². The number of hydrogen-bond donors (Lipinski definition) is 1. The average molecular weight is 412 g/mol. The van der Waals surface area contributed by atoms with Gasteiger partial charge in [-0.1, -0.05) is 24.3 Å². The average Bonchev–Trinajstić information content (AvgIpc) is 2.77. The molecule has 6 nitrogen and oxygen atoms in total. The Bertz CT molecular complexity index is 914. The third-order valence-corrected chi connectivity index (χ3v) is 5.23. The van der Waals surface area contributed by atoms with Crippen LogP contribution in [0.1, 0.15) is 25.7 Å². The molecule has 2 aromatic carbocycles. The van der Waals surface area contributed by atoms with E-state index in [-0.39, 0.29) is 36.4 Å². The van der Waals surface area contributed by atoms with E-state index in [4.69, 9.17) is 0 Å². The predicted octanol–water partition coefficient (Wildman–Crippen LogP) is 3.62. The Morgan fingerprint density at radius 1 is 1.10 bits per heavy atom. The van der Waals surface area contributed by atoms with Gasteiger partial charge in [-0.15, -0.1) is 0 Å². The number of benzene rings is 2. The van der Waals surface area contributed by atoms with E-state index in [0.717, 1.165) is 17.5 Å². The summed E-state index contributed by atoms with van der Waals surface area (Å²) in [5.74, 6) is -1.30. The smallest absolute Gasteiger partial charge is 0.306 e. The van der Waals surface area contributed by atoms with Gasteiger partial charge in [0.05, 0.1) is 19.4 Å². The first-order chi connectivity index (χ1) is 14.5. The number of hydrogen-bond acceptors (Lipinski definition) is 4. The Labute approximate surface area is 175 Å². The molecule has 3 rings (SSSR count). The maximum absolute atomic E-state index is 13.4. The van der Waals surface area contributed by atoms with Crippen molar-refractivity contribution in [2.75, 3.05) is 25.5 Å². The van der Waals surface area contributed by atoms with Crippen molar-refractivity contribution >= 4 is 23.5 Å². The molecule has 1 saturated heterocycles. The molecule has 1 fully saturated rings. The first-order valence-electron chi connectivity index (χ1n) is 9.97. The van der Waals surface area contributed by atoms with Crippen molar-refractivity contribution in [1.82, 2.24) is 4.90 Å². The van der Waals surface area contributed by atoms with Gasteiger partial charge in [0.2, 0.25) is 11.8 Å². The SMILES string of the molecule is COC(=O)CCC(=O)N1CCC[C@@H](C(=O)Nc2ccc(-c3cccc(F)c3)cc2)C1. The van der Waals surface area contributed by atoms with Gasteiger partial charge in [-0.25, -0.2) is 4.39 Å².